The fraction of sp³-hybridized carbons (Fsp3) is 1.00. The van der Waals surface area contributed by atoms with Crippen LogP contribution in [0.3, 0.4) is 0 Å². The van der Waals surface area contributed by atoms with E-state index in [4.69, 9.17) is 9.47 Å². The molecule has 94 valence electrons. The zero-order valence-electron chi connectivity index (χ0n) is 10.4. The van der Waals surface area contributed by atoms with Crippen LogP contribution in [-0.4, -0.2) is 38.5 Å². The van der Waals surface area contributed by atoms with Gasteiger partial charge in [-0.05, 0) is 31.7 Å². The molecule has 0 bridgehead atoms. The molecule has 1 unspecified atom stereocenters. The van der Waals surface area contributed by atoms with Crippen LogP contribution < -0.4 is 5.32 Å². The largest absolute Gasteiger partial charge is 0.376 e. The van der Waals surface area contributed by atoms with Crippen molar-refractivity contribution in [1.82, 2.24) is 5.32 Å². The molecule has 16 heavy (non-hydrogen) atoms. The van der Waals surface area contributed by atoms with E-state index in [9.17, 15) is 0 Å². The van der Waals surface area contributed by atoms with Crippen LogP contribution in [0.1, 0.15) is 39.0 Å². The van der Waals surface area contributed by atoms with Crippen molar-refractivity contribution < 1.29 is 9.47 Å². The molecule has 1 N–H and O–H groups in total. The summed E-state index contributed by atoms with van der Waals surface area (Å²) in [6.07, 6.45) is 7.14. The molecule has 3 heteroatoms. The highest BCUT2D eigenvalue weighted by Crippen LogP contribution is 2.28. The molecule has 0 aromatic rings. The Morgan fingerprint density at radius 2 is 2.06 bits per heavy atom. The molecule has 1 aliphatic heterocycles. The molecule has 2 rings (SSSR count). The Kier molecular flexibility index (Phi) is 5.07. The molecular weight excluding hydrogens is 202 g/mol. The first-order valence-electron chi connectivity index (χ1n) is 6.83. The molecule has 0 radical (unpaired) electrons. The van der Waals surface area contributed by atoms with E-state index in [-0.39, 0.29) is 0 Å². The molecule has 1 aliphatic carbocycles. The van der Waals surface area contributed by atoms with Crippen molar-refractivity contribution in [3.8, 4) is 0 Å². The van der Waals surface area contributed by atoms with Crippen LogP contribution in [0.25, 0.3) is 0 Å². The second-order valence-electron chi connectivity index (χ2n) is 5.10. The summed E-state index contributed by atoms with van der Waals surface area (Å²) in [5, 5.41) is 3.65. The highest BCUT2D eigenvalue weighted by molar-refractivity contribution is 4.81. The Morgan fingerprint density at radius 1 is 1.31 bits per heavy atom. The summed E-state index contributed by atoms with van der Waals surface area (Å²) < 4.78 is 11.0. The lowest BCUT2D eigenvalue weighted by atomic mass is 9.98. The molecule has 0 aromatic carbocycles. The summed E-state index contributed by atoms with van der Waals surface area (Å²) in [6.45, 7) is 5.81. The van der Waals surface area contributed by atoms with Crippen LogP contribution in [0, 0.1) is 5.92 Å². The molecule has 0 spiro atoms. The zero-order chi connectivity index (χ0) is 11.2. The lowest BCUT2D eigenvalue weighted by molar-refractivity contribution is -0.135. The van der Waals surface area contributed by atoms with Gasteiger partial charge in [0.15, 0.2) is 0 Å². The van der Waals surface area contributed by atoms with Gasteiger partial charge in [-0.1, -0.05) is 19.8 Å². The molecule has 2 fully saturated rings. The van der Waals surface area contributed by atoms with E-state index in [2.05, 4.69) is 12.2 Å². The van der Waals surface area contributed by atoms with E-state index in [0.29, 0.717) is 12.1 Å². The minimum atomic E-state index is 0.368. The maximum absolute atomic E-state index is 5.86. The minimum Gasteiger partial charge on any atom is -0.376 e. The minimum absolute atomic E-state index is 0.368. The molecule has 1 heterocycles. The number of nitrogens with one attached hydrogen (secondary N) is 1. The van der Waals surface area contributed by atoms with Crippen molar-refractivity contribution >= 4 is 0 Å². The standard InChI is InChI=1S/C13H25NO2/c1-2-7-14-13(11-5-3-4-6-11)10-16-12-8-15-9-12/h11-14H,2-10H2,1H3. The predicted molar refractivity (Wildman–Crippen MR) is 64.6 cm³/mol. The second kappa shape index (κ2) is 6.58. The lowest BCUT2D eigenvalue weighted by Crippen LogP contribution is -2.44. The molecule has 1 saturated carbocycles. The summed E-state index contributed by atoms with van der Waals surface area (Å²) in [4.78, 5) is 0. The van der Waals surface area contributed by atoms with Crippen LogP contribution >= 0.6 is 0 Å². The van der Waals surface area contributed by atoms with Gasteiger partial charge in [0.2, 0.25) is 0 Å². The summed E-state index contributed by atoms with van der Waals surface area (Å²) in [6, 6.07) is 0.572. The molecule has 0 amide bonds. The first-order valence-corrected chi connectivity index (χ1v) is 6.83. The van der Waals surface area contributed by atoms with Crippen LogP contribution in [0.4, 0.5) is 0 Å². The van der Waals surface area contributed by atoms with E-state index in [0.717, 1.165) is 32.3 Å². The molecule has 1 atom stereocenters. The van der Waals surface area contributed by atoms with Crippen molar-refractivity contribution in [2.24, 2.45) is 5.92 Å². The quantitative estimate of drug-likeness (QED) is 0.721. The van der Waals surface area contributed by atoms with E-state index in [1.54, 1.807) is 0 Å². The van der Waals surface area contributed by atoms with Crippen molar-refractivity contribution in [2.45, 2.75) is 51.2 Å². The van der Waals surface area contributed by atoms with Crippen molar-refractivity contribution in [1.29, 1.82) is 0 Å². The fourth-order valence-corrected chi connectivity index (χ4v) is 2.60. The first-order chi connectivity index (χ1) is 7.90. The van der Waals surface area contributed by atoms with Gasteiger partial charge < -0.3 is 14.8 Å². The van der Waals surface area contributed by atoms with Gasteiger partial charge in [0, 0.05) is 6.04 Å². The van der Waals surface area contributed by atoms with Crippen LogP contribution in [0.5, 0.6) is 0 Å². The normalized spacial score (nSPS) is 24.6. The van der Waals surface area contributed by atoms with Gasteiger partial charge in [-0.2, -0.15) is 0 Å². The van der Waals surface area contributed by atoms with Crippen LogP contribution in [0.2, 0.25) is 0 Å². The zero-order valence-corrected chi connectivity index (χ0v) is 10.4. The summed E-state index contributed by atoms with van der Waals surface area (Å²) in [5.74, 6) is 0.840. The molecule has 0 aromatic heterocycles. The number of hydrogen-bond donors (Lipinski definition) is 1. The monoisotopic (exact) mass is 227 g/mol. The molecule has 1 saturated heterocycles. The maximum Gasteiger partial charge on any atom is 0.104 e. The third-order valence-corrected chi connectivity index (χ3v) is 3.74. The Bertz CT molecular complexity index is 188. The topological polar surface area (TPSA) is 30.5 Å². The first kappa shape index (κ1) is 12.3. The lowest BCUT2D eigenvalue weighted by Gasteiger charge is -2.30. The van der Waals surface area contributed by atoms with Crippen molar-refractivity contribution in [3.63, 3.8) is 0 Å². The van der Waals surface area contributed by atoms with Gasteiger partial charge in [0.1, 0.15) is 6.10 Å². The number of hydrogen-bond acceptors (Lipinski definition) is 3. The third-order valence-electron chi connectivity index (χ3n) is 3.74. The van der Waals surface area contributed by atoms with Gasteiger partial charge in [-0.3, -0.25) is 0 Å². The van der Waals surface area contributed by atoms with E-state index >= 15 is 0 Å². The second-order valence-corrected chi connectivity index (χ2v) is 5.10. The molecule has 3 nitrogen and oxygen atoms in total. The van der Waals surface area contributed by atoms with E-state index in [1.807, 2.05) is 0 Å². The third kappa shape index (κ3) is 3.44. The Hall–Kier alpha value is -0.120. The summed E-state index contributed by atoms with van der Waals surface area (Å²) in [7, 11) is 0. The number of ether oxygens (including phenoxy) is 2. The van der Waals surface area contributed by atoms with Crippen LogP contribution in [0.15, 0.2) is 0 Å². The Balaban J connectivity index is 1.71. The van der Waals surface area contributed by atoms with Crippen LogP contribution in [-0.2, 0) is 9.47 Å². The average Bonchev–Trinajstić information content (AvgIpc) is 2.73. The highest BCUT2D eigenvalue weighted by atomic mass is 16.6. The maximum atomic E-state index is 5.86. The smallest absolute Gasteiger partial charge is 0.104 e. The van der Waals surface area contributed by atoms with E-state index < -0.39 is 0 Å². The predicted octanol–water partition coefficient (Wildman–Crippen LogP) is 1.96. The Morgan fingerprint density at radius 3 is 2.62 bits per heavy atom. The average molecular weight is 227 g/mol. The summed E-state index contributed by atoms with van der Waals surface area (Å²) in [5.41, 5.74) is 0. The van der Waals surface area contributed by atoms with Gasteiger partial charge in [-0.25, -0.2) is 0 Å². The van der Waals surface area contributed by atoms with E-state index in [1.165, 1.54) is 32.1 Å². The summed E-state index contributed by atoms with van der Waals surface area (Å²) >= 11 is 0. The molecular formula is C13H25NO2. The number of rotatable bonds is 7. The van der Waals surface area contributed by atoms with Gasteiger partial charge in [0.05, 0.1) is 19.8 Å². The van der Waals surface area contributed by atoms with Crippen molar-refractivity contribution in [3.05, 3.63) is 0 Å². The fourth-order valence-electron chi connectivity index (χ4n) is 2.60. The Labute approximate surface area is 98.9 Å². The molecule has 2 aliphatic rings. The van der Waals surface area contributed by atoms with Gasteiger partial charge >= 0.3 is 0 Å². The van der Waals surface area contributed by atoms with Gasteiger partial charge in [-0.15, -0.1) is 0 Å². The van der Waals surface area contributed by atoms with Crippen molar-refractivity contribution in [2.75, 3.05) is 26.4 Å². The SMILES string of the molecule is CCCNC(COC1COC1)C1CCCC1. The highest BCUT2D eigenvalue weighted by Gasteiger charge is 2.27. The van der Waals surface area contributed by atoms with Gasteiger partial charge in [0.25, 0.3) is 0 Å².